The third kappa shape index (κ3) is 3.36. The van der Waals surface area contributed by atoms with Crippen molar-refractivity contribution in [2.45, 2.75) is 18.9 Å². The van der Waals surface area contributed by atoms with E-state index >= 15 is 0 Å². The summed E-state index contributed by atoms with van der Waals surface area (Å²) in [5.74, 6) is -0.213. The van der Waals surface area contributed by atoms with Gasteiger partial charge in [-0.3, -0.25) is 4.79 Å². The first-order valence-electron chi connectivity index (χ1n) is 6.99. The van der Waals surface area contributed by atoms with Crippen molar-refractivity contribution >= 4 is 45.4 Å². The molecule has 1 aromatic heterocycles. The molecule has 7 heteroatoms. The van der Waals surface area contributed by atoms with E-state index in [1.807, 2.05) is 0 Å². The van der Waals surface area contributed by atoms with Gasteiger partial charge in [0, 0.05) is 33.2 Å². The summed E-state index contributed by atoms with van der Waals surface area (Å²) in [6.45, 7) is 0.596. The Labute approximate surface area is 147 Å². The van der Waals surface area contributed by atoms with Gasteiger partial charge in [-0.25, -0.2) is 0 Å². The number of carbonyl (C=O) groups is 1. The molecule has 1 fully saturated rings. The van der Waals surface area contributed by atoms with E-state index < -0.39 is 6.10 Å². The van der Waals surface area contributed by atoms with Crippen LogP contribution in [0, 0.1) is 11.3 Å². The average molecular weight is 367 g/mol. The van der Waals surface area contributed by atoms with Gasteiger partial charge >= 0.3 is 0 Å². The molecular weight excluding hydrogens is 355 g/mol. The Morgan fingerprint density at radius 3 is 2.87 bits per heavy atom. The number of halogens is 2. The summed E-state index contributed by atoms with van der Waals surface area (Å²) in [6.07, 6.45) is 1.14. The molecule has 0 aliphatic carbocycles. The maximum absolute atomic E-state index is 12.2. The largest absolute Gasteiger partial charge is 0.368 e. The first-order chi connectivity index (χ1) is 11.1. The monoisotopic (exact) mass is 366 g/mol. The zero-order chi connectivity index (χ0) is 16.4. The van der Waals surface area contributed by atoms with Crippen molar-refractivity contribution in [3.63, 3.8) is 0 Å². The maximum atomic E-state index is 12.2. The maximum Gasteiger partial charge on any atom is 0.254 e. The third-order valence-electron chi connectivity index (χ3n) is 3.58. The smallest absolute Gasteiger partial charge is 0.254 e. The van der Waals surface area contributed by atoms with E-state index in [0.717, 1.165) is 6.42 Å². The van der Waals surface area contributed by atoms with Crippen LogP contribution < -0.4 is 5.32 Å². The van der Waals surface area contributed by atoms with E-state index in [2.05, 4.69) is 11.4 Å². The minimum atomic E-state index is -0.439. The van der Waals surface area contributed by atoms with E-state index in [-0.39, 0.29) is 5.91 Å². The van der Waals surface area contributed by atoms with Crippen LogP contribution in [0.2, 0.25) is 10.0 Å². The van der Waals surface area contributed by atoms with Crippen LogP contribution in [0.3, 0.4) is 0 Å². The topological polar surface area (TPSA) is 62.1 Å². The Balaban J connectivity index is 1.91. The zero-order valence-electron chi connectivity index (χ0n) is 11.9. The molecule has 1 atom stereocenters. The fourth-order valence-electron chi connectivity index (χ4n) is 2.44. The third-order valence-corrected chi connectivity index (χ3v) is 5.03. The molecule has 1 N–H and O–H groups in total. The van der Waals surface area contributed by atoms with Crippen molar-refractivity contribution in [1.29, 1.82) is 5.26 Å². The second-order valence-corrected chi connectivity index (χ2v) is 6.80. The van der Waals surface area contributed by atoms with Crippen LogP contribution in [0.15, 0.2) is 23.6 Å². The van der Waals surface area contributed by atoms with Crippen molar-refractivity contribution in [2.24, 2.45) is 0 Å². The lowest BCUT2D eigenvalue weighted by Gasteiger charge is -2.09. The molecule has 118 valence electrons. The summed E-state index contributed by atoms with van der Waals surface area (Å²) in [4.78, 5) is 12.2. The van der Waals surface area contributed by atoms with Crippen LogP contribution in [0.25, 0.3) is 11.1 Å². The van der Waals surface area contributed by atoms with Gasteiger partial charge in [-0.15, -0.1) is 11.3 Å². The van der Waals surface area contributed by atoms with Crippen molar-refractivity contribution in [1.82, 2.24) is 0 Å². The van der Waals surface area contributed by atoms with Gasteiger partial charge in [-0.2, -0.15) is 5.26 Å². The van der Waals surface area contributed by atoms with Gasteiger partial charge in [-0.05, 0) is 25.0 Å². The highest BCUT2D eigenvalue weighted by molar-refractivity contribution is 7.15. The van der Waals surface area contributed by atoms with E-state index in [9.17, 15) is 10.1 Å². The van der Waals surface area contributed by atoms with Gasteiger partial charge in [0.2, 0.25) is 0 Å². The Hall–Kier alpha value is -1.58. The number of ether oxygens (including phenoxy) is 1. The summed E-state index contributed by atoms with van der Waals surface area (Å²) in [5.41, 5.74) is 1.79. The summed E-state index contributed by atoms with van der Waals surface area (Å²) in [5, 5.41) is 15.6. The van der Waals surface area contributed by atoms with Crippen molar-refractivity contribution in [3.8, 4) is 17.2 Å². The highest BCUT2D eigenvalue weighted by atomic mass is 35.5. The molecule has 2 heterocycles. The normalized spacial score (nSPS) is 17.0. The lowest BCUT2D eigenvalue weighted by Crippen LogP contribution is -2.26. The predicted octanol–water partition coefficient (Wildman–Crippen LogP) is 4.71. The number of hydrogen-bond acceptors (Lipinski definition) is 4. The second kappa shape index (κ2) is 6.90. The number of amides is 1. The molecule has 0 spiro atoms. The SMILES string of the molecule is N#Cc1c(-c2ccc(Cl)cc2Cl)csc1NC(=O)[C@@H]1CCCO1. The fourth-order valence-corrected chi connectivity index (χ4v) is 3.87. The van der Waals surface area contributed by atoms with E-state index in [4.69, 9.17) is 27.9 Å². The molecule has 0 radical (unpaired) electrons. The molecule has 0 unspecified atom stereocenters. The summed E-state index contributed by atoms with van der Waals surface area (Å²) in [6, 6.07) is 7.25. The van der Waals surface area contributed by atoms with Gasteiger partial charge in [0.1, 0.15) is 17.2 Å². The minimum Gasteiger partial charge on any atom is -0.368 e. The van der Waals surface area contributed by atoms with Crippen LogP contribution >= 0.6 is 34.5 Å². The number of nitriles is 1. The molecule has 0 saturated carbocycles. The van der Waals surface area contributed by atoms with Crippen molar-refractivity contribution < 1.29 is 9.53 Å². The Bertz CT molecular complexity index is 792. The van der Waals surface area contributed by atoms with E-state index in [1.54, 1.807) is 23.6 Å². The highest BCUT2D eigenvalue weighted by Crippen LogP contribution is 2.39. The summed E-state index contributed by atoms with van der Waals surface area (Å²) in [7, 11) is 0. The summed E-state index contributed by atoms with van der Waals surface area (Å²) >= 11 is 13.4. The Kier molecular flexibility index (Phi) is 4.88. The molecule has 2 aromatic rings. The lowest BCUT2D eigenvalue weighted by molar-refractivity contribution is -0.124. The van der Waals surface area contributed by atoms with Gasteiger partial charge in [-0.1, -0.05) is 29.3 Å². The molecule has 1 saturated heterocycles. The van der Waals surface area contributed by atoms with Crippen molar-refractivity contribution in [3.05, 3.63) is 39.2 Å². The number of carbonyl (C=O) groups excluding carboxylic acids is 1. The first kappa shape index (κ1) is 16.3. The number of nitrogens with one attached hydrogen (secondary N) is 1. The minimum absolute atomic E-state index is 0.213. The predicted molar refractivity (Wildman–Crippen MR) is 92.1 cm³/mol. The van der Waals surface area contributed by atoms with Gasteiger partial charge in [0.25, 0.3) is 5.91 Å². The molecule has 4 nitrogen and oxygen atoms in total. The number of thiophene rings is 1. The molecule has 23 heavy (non-hydrogen) atoms. The van der Waals surface area contributed by atoms with Crippen molar-refractivity contribution in [2.75, 3.05) is 11.9 Å². The number of rotatable bonds is 3. The highest BCUT2D eigenvalue weighted by Gasteiger charge is 2.25. The first-order valence-corrected chi connectivity index (χ1v) is 8.63. The standard InChI is InChI=1S/C16H12Cl2N2O2S/c17-9-3-4-10(13(18)6-9)12-8-23-16(11(12)7-19)20-15(21)14-2-1-5-22-14/h3-4,6,8,14H,1-2,5H2,(H,20,21)/t14-/m0/s1. The molecule has 1 aliphatic rings. The zero-order valence-corrected chi connectivity index (χ0v) is 14.3. The molecule has 3 rings (SSSR count). The van der Waals surface area contributed by atoms with E-state index in [1.165, 1.54) is 11.3 Å². The Morgan fingerprint density at radius 1 is 1.39 bits per heavy atom. The number of benzene rings is 1. The van der Waals surface area contributed by atoms with Crippen LogP contribution in [0.4, 0.5) is 5.00 Å². The quantitative estimate of drug-likeness (QED) is 0.855. The number of nitrogens with zero attached hydrogens (tertiary/aromatic N) is 1. The summed E-state index contributed by atoms with van der Waals surface area (Å²) < 4.78 is 5.36. The molecule has 0 bridgehead atoms. The van der Waals surface area contributed by atoms with E-state index in [0.29, 0.717) is 44.8 Å². The average Bonchev–Trinajstić information content (AvgIpc) is 3.16. The van der Waals surface area contributed by atoms with Crippen LogP contribution in [0.1, 0.15) is 18.4 Å². The molecule has 1 amide bonds. The van der Waals surface area contributed by atoms with Crippen LogP contribution in [-0.4, -0.2) is 18.6 Å². The van der Waals surface area contributed by atoms with Crippen LogP contribution in [0.5, 0.6) is 0 Å². The second-order valence-electron chi connectivity index (χ2n) is 5.08. The van der Waals surface area contributed by atoms with Gasteiger partial charge in [0.05, 0.1) is 5.56 Å². The Morgan fingerprint density at radius 2 is 2.22 bits per heavy atom. The number of hydrogen-bond donors (Lipinski definition) is 1. The van der Waals surface area contributed by atoms with Crippen LogP contribution in [-0.2, 0) is 9.53 Å². The molecule has 1 aliphatic heterocycles. The molecule has 1 aromatic carbocycles. The lowest BCUT2D eigenvalue weighted by atomic mass is 10.0. The molecular formula is C16H12Cl2N2O2S. The fraction of sp³-hybridized carbons (Fsp3) is 0.250. The van der Waals surface area contributed by atoms with Gasteiger partial charge < -0.3 is 10.1 Å². The number of anilines is 1. The van der Waals surface area contributed by atoms with Gasteiger partial charge in [0.15, 0.2) is 0 Å².